The first-order chi connectivity index (χ1) is 9.36. The van der Waals surface area contributed by atoms with Crippen molar-refractivity contribution in [3.63, 3.8) is 0 Å². The fourth-order valence-corrected chi connectivity index (χ4v) is 2.65. The van der Waals surface area contributed by atoms with Crippen LogP contribution in [0.4, 0.5) is 0 Å². The molecule has 0 bridgehead atoms. The van der Waals surface area contributed by atoms with E-state index in [4.69, 9.17) is 9.31 Å². The highest BCUT2D eigenvalue weighted by molar-refractivity contribution is 6.63. The summed E-state index contributed by atoms with van der Waals surface area (Å²) in [7, 11) is -0.438. The van der Waals surface area contributed by atoms with Crippen molar-refractivity contribution in [3.8, 4) is 6.07 Å². The molecule has 0 atom stereocenters. The van der Waals surface area contributed by atoms with Crippen LogP contribution < -0.4 is 5.46 Å². The van der Waals surface area contributed by atoms with Gasteiger partial charge < -0.3 is 9.31 Å². The van der Waals surface area contributed by atoms with E-state index < -0.39 is 7.12 Å². The van der Waals surface area contributed by atoms with Crippen molar-refractivity contribution < 1.29 is 9.31 Å². The first kappa shape index (κ1) is 13.7. The Bertz CT molecular complexity index is 569. The molecule has 0 spiro atoms. The molecule has 1 aliphatic heterocycles. The standard InChI is InChI=1S/C16H20BNO2/c1-15(2)16(3,4)20-17(19-15)14-12(10-18)6-5-7-13(14)11-8-9-11/h5-7,11H,8-9H2,1-4H3. The lowest BCUT2D eigenvalue weighted by atomic mass is 9.72. The zero-order chi connectivity index (χ0) is 14.5. The van der Waals surface area contributed by atoms with Gasteiger partial charge in [-0.1, -0.05) is 12.1 Å². The van der Waals surface area contributed by atoms with Crippen molar-refractivity contribution in [1.29, 1.82) is 5.26 Å². The van der Waals surface area contributed by atoms with Gasteiger partial charge in [0.15, 0.2) is 0 Å². The second-order valence-electron chi connectivity index (χ2n) is 6.78. The topological polar surface area (TPSA) is 42.2 Å². The number of rotatable bonds is 2. The molecule has 4 heteroatoms. The molecular formula is C16H20BNO2. The van der Waals surface area contributed by atoms with E-state index in [0.29, 0.717) is 11.5 Å². The predicted octanol–water partition coefficient (Wildman–Crippen LogP) is 2.73. The quantitative estimate of drug-likeness (QED) is 0.775. The minimum absolute atomic E-state index is 0.374. The molecule has 1 aliphatic carbocycles. The van der Waals surface area contributed by atoms with Crippen LogP contribution >= 0.6 is 0 Å². The van der Waals surface area contributed by atoms with E-state index >= 15 is 0 Å². The summed E-state index contributed by atoms with van der Waals surface area (Å²) in [5.74, 6) is 0.567. The zero-order valence-corrected chi connectivity index (χ0v) is 12.6. The molecule has 20 heavy (non-hydrogen) atoms. The van der Waals surface area contributed by atoms with Gasteiger partial charge in [-0.05, 0) is 58.1 Å². The molecule has 0 radical (unpaired) electrons. The molecule has 1 aromatic rings. The van der Waals surface area contributed by atoms with E-state index in [1.807, 2.05) is 39.8 Å². The van der Waals surface area contributed by atoms with Crippen LogP contribution in [0.25, 0.3) is 0 Å². The summed E-state index contributed by atoms with van der Waals surface area (Å²) in [6, 6.07) is 8.21. The Labute approximate surface area is 121 Å². The first-order valence-corrected chi connectivity index (χ1v) is 7.24. The molecule has 3 rings (SSSR count). The summed E-state index contributed by atoms with van der Waals surface area (Å²) in [4.78, 5) is 0. The summed E-state index contributed by atoms with van der Waals surface area (Å²) in [5.41, 5.74) is 2.09. The third kappa shape index (κ3) is 2.06. The number of benzene rings is 1. The molecule has 2 fully saturated rings. The number of nitrogens with zero attached hydrogens (tertiary/aromatic N) is 1. The SMILES string of the molecule is CC1(C)OB(c2c(C#N)cccc2C2CC2)OC1(C)C. The van der Waals surface area contributed by atoms with Gasteiger partial charge in [-0.2, -0.15) is 5.26 Å². The van der Waals surface area contributed by atoms with E-state index in [-0.39, 0.29) is 11.2 Å². The maximum atomic E-state index is 9.40. The molecule has 1 saturated carbocycles. The van der Waals surface area contributed by atoms with Gasteiger partial charge in [0, 0.05) is 5.46 Å². The van der Waals surface area contributed by atoms with Gasteiger partial charge in [0.25, 0.3) is 0 Å². The third-order valence-electron chi connectivity index (χ3n) is 4.77. The lowest BCUT2D eigenvalue weighted by molar-refractivity contribution is 0.00578. The monoisotopic (exact) mass is 269 g/mol. The van der Waals surface area contributed by atoms with Gasteiger partial charge in [-0.3, -0.25) is 0 Å². The Morgan fingerprint density at radius 2 is 1.75 bits per heavy atom. The van der Waals surface area contributed by atoms with Crippen LogP contribution in [-0.2, 0) is 9.31 Å². The van der Waals surface area contributed by atoms with Crippen molar-refractivity contribution in [3.05, 3.63) is 29.3 Å². The fraction of sp³-hybridized carbons (Fsp3) is 0.562. The fourth-order valence-electron chi connectivity index (χ4n) is 2.65. The maximum Gasteiger partial charge on any atom is 0.496 e. The Kier molecular flexibility index (Phi) is 2.97. The Morgan fingerprint density at radius 3 is 2.25 bits per heavy atom. The molecule has 2 aliphatic rings. The van der Waals surface area contributed by atoms with Gasteiger partial charge in [0.1, 0.15) is 0 Å². The average molecular weight is 269 g/mol. The van der Waals surface area contributed by atoms with E-state index in [1.165, 1.54) is 18.4 Å². The molecule has 1 aromatic carbocycles. The van der Waals surface area contributed by atoms with Crippen LogP contribution in [0.2, 0.25) is 0 Å². The molecule has 1 heterocycles. The smallest absolute Gasteiger partial charge is 0.399 e. The van der Waals surface area contributed by atoms with Crippen LogP contribution in [0.1, 0.15) is 57.6 Å². The molecule has 0 N–H and O–H groups in total. The van der Waals surface area contributed by atoms with Gasteiger partial charge >= 0.3 is 7.12 Å². The minimum Gasteiger partial charge on any atom is -0.399 e. The average Bonchev–Trinajstić information content (AvgIpc) is 3.17. The van der Waals surface area contributed by atoms with Crippen molar-refractivity contribution in [1.82, 2.24) is 0 Å². The van der Waals surface area contributed by atoms with Gasteiger partial charge in [-0.15, -0.1) is 0 Å². The normalized spacial score (nSPS) is 23.6. The number of nitriles is 1. The van der Waals surface area contributed by atoms with Crippen LogP contribution in [0.15, 0.2) is 18.2 Å². The van der Waals surface area contributed by atoms with E-state index in [0.717, 1.165) is 5.46 Å². The Morgan fingerprint density at radius 1 is 1.15 bits per heavy atom. The van der Waals surface area contributed by atoms with Crippen molar-refractivity contribution in [2.75, 3.05) is 0 Å². The molecule has 3 nitrogen and oxygen atoms in total. The number of hydrogen-bond acceptors (Lipinski definition) is 3. The molecule has 1 saturated heterocycles. The summed E-state index contributed by atoms with van der Waals surface area (Å²) >= 11 is 0. The van der Waals surface area contributed by atoms with Gasteiger partial charge in [-0.25, -0.2) is 0 Å². The lowest BCUT2D eigenvalue weighted by Gasteiger charge is -2.32. The highest BCUT2D eigenvalue weighted by atomic mass is 16.7. The second kappa shape index (κ2) is 4.34. The number of hydrogen-bond donors (Lipinski definition) is 0. The van der Waals surface area contributed by atoms with Crippen LogP contribution in [0.3, 0.4) is 0 Å². The predicted molar refractivity (Wildman–Crippen MR) is 78.8 cm³/mol. The molecule has 0 amide bonds. The highest BCUT2D eigenvalue weighted by Gasteiger charge is 2.53. The molecule has 0 unspecified atom stereocenters. The van der Waals surface area contributed by atoms with Gasteiger partial charge in [0.05, 0.1) is 22.8 Å². The molecular weight excluding hydrogens is 249 g/mol. The minimum atomic E-state index is -0.438. The summed E-state index contributed by atoms with van der Waals surface area (Å²) < 4.78 is 12.3. The summed E-state index contributed by atoms with van der Waals surface area (Å²) in [6.45, 7) is 8.16. The molecule has 0 aromatic heterocycles. The van der Waals surface area contributed by atoms with Crippen LogP contribution in [0, 0.1) is 11.3 Å². The Balaban J connectivity index is 2.05. The Hall–Kier alpha value is -1.31. The van der Waals surface area contributed by atoms with E-state index in [9.17, 15) is 5.26 Å². The first-order valence-electron chi connectivity index (χ1n) is 7.24. The van der Waals surface area contributed by atoms with E-state index in [2.05, 4.69) is 12.1 Å². The largest absolute Gasteiger partial charge is 0.496 e. The second-order valence-corrected chi connectivity index (χ2v) is 6.78. The van der Waals surface area contributed by atoms with E-state index in [1.54, 1.807) is 0 Å². The molecule has 104 valence electrons. The van der Waals surface area contributed by atoms with Crippen molar-refractivity contribution in [2.24, 2.45) is 0 Å². The van der Waals surface area contributed by atoms with Crippen LogP contribution in [0.5, 0.6) is 0 Å². The summed E-state index contributed by atoms with van der Waals surface area (Å²) in [5, 5.41) is 9.40. The maximum absolute atomic E-state index is 9.40. The zero-order valence-electron chi connectivity index (χ0n) is 12.6. The van der Waals surface area contributed by atoms with Gasteiger partial charge in [0.2, 0.25) is 0 Å². The highest BCUT2D eigenvalue weighted by Crippen LogP contribution is 2.42. The lowest BCUT2D eigenvalue weighted by Crippen LogP contribution is -2.41. The van der Waals surface area contributed by atoms with Crippen molar-refractivity contribution >= 4 is 12.6 Å². The van der Waals surface area contributed by atoms with Crippen molar-refractivity contribution in [2.45, 2.75) is 57.7 Å². The van der Waals surface area contributed by atoms with Crippen LogP contribution in [-0.4, -0.2) is 18.3 Å². The summed E-state index contributed by atoms with van der Waals surface area (Å²) in [6.07, 6.45) is 2.39. The third-order valence-corrected chi connectivity index (χ3v) is 4.77.